The van der Waals surface area contributed by atoms with E-state index in [1.54, 1.807) is 13.2 Å². The van der Waals surface area contributed by atoms with E-state index in [-0.39, 0.29) is 17.3 Å². The van der Waals surface area contributed by atoms with Crippen molar-refractivity contribution in [3.05, 3.63) is 53.8 Å². The average Bonchev–Trinajstić information content (AvgIpc) is 3.09. The third-order valence-electron chi connectivity index (χ3n) is 3.49. The molecule has 0 spiro atoms. The summed E-state index contributed by atoms with van der Waals surface area (Å²) in [5.41, 5.74) is 0.829. The lowest BCUT2D eigenvalue weighted by Gasteiger charge is -2.05. The molecule has 0 aliphatic rings. The molecule has 0 aliphatic carbocycles. The number of anilines is 1. The monoisotopic (exact) mass is 342 g/mol. The van der Waals surface area contributed by atoms with Crippen LogP contribution in [0.1, 0.15) is 10.4 Å². The van der Waals surface area contributed by atoms with Crippen LogP contribution in [0.4, 0.5) is 10.3 Å². The molecule has 8 heteroatoms. The highest BCUT2D eigenvalue weighted by atomic mass is 19.1. The predicted octanol–water partition coefficient (Wildman–Crippen LogP) is 2.88. The van der Waals surface area contributed by atoms with Crippen molar-refractivity contribution in [1.29, 1.82) is 0 Å². The standard InChI is InChI=1S/C17H15FN4O3/c1-24-13-6-4-3-5-11(13)15-19-17(22-21-15)20-16(23)10-7-8-14(25-2)12(18)9-10/h3-9H,1-2H3,(H2,19,20,21,22,23). The number of hydrogen-bond acceptors (Lipinski definition) is 5. The number of hydrogen-bond donors (Lipinski definition) is 2. The summed E-state index contributed by atoms with van der Waals surface area (Å²) < 4.78 is 23.8. The van der Waals surface area contributed by atoms with Crippen molar-refractivity contribution in [2.45, 2.75) is 0 Å². The number of carbonyl (C=O) groups is 1. The van der Waals surface area contributed by atoms with Crippen LogP contribution in [0.15, 0.2) is 42.5 Å². The third kappa shape index (κ3) is 3.42. The number of ether oxygens (including phenoxy) is 2. The molecule has 3 rings (SSSR count). The van der Waals surface area contributed by atoms with Crippen LogP contribution in [0.5, 0.6) is 11.5 Å². The number of aromatic nitrogens is 3. The van der Waals surface area contributed by atoms with Gasteiger partial charge in [-0.25, -0.2) is 4.39 Å². The molecule has 2 N–H and O–H groups in total. The molecule has 7 nitrogen and oxygen atoms in total. The lowest BCUT2D eigenvalue weighted by Crippen LogP contribution is -2.13. The van der Waals surface area contributed by atoms with Crippen molar-refractivity contribution < 1.29 is 18.7 Å². The number of rotatable bonds is 5. The fourth-order valence-electron chi connectivity index (χ4n) is 2.26. The number of benzene rings is 2. The summed E-state index contributed by atoms with van der Waals surface area (Å²) in [6.45, 7) is 0. The molecule has 2 aromatic carbocycles. The zero-order chi connectivity index (χ0) is 17.8. The van der Waals surface area contributed by atoms with Gasteiger partial charge >= 0.3 is 0 Å². The van der Waals surface area contributed by atoms with E-state index < -0.39 is 11.7 Å². The summed E-state index contributed by atoms with van der Waals surface area (Å²) in [6, 6.07) is 11.2. The van der Waals surface area contributed by atoms with Crippen LogP contribution < -0.4 is 14.8 Å². The Morgan fingerprint density at radius 3 is 2.60 bits per heavy atom. The van der Waals surface area contributed by atoms with Crippen molar-refractivity contribution in [2.24, 2.45) is 0 Å². The molecule has 1 heterocycles. The van der Waals surface area contributed by atoms with Gasteiger partial charge in [-0.2, -0.15) is 4.98 Å². The molecule has 1 amide bonds. The Bertz CT molecular complexity index is 910. The van der Waals surface area contributed by atoms with Gasteiger partial charge in [-0.3, -0.25) is 15.2 Å². The minimum absolute atomic E-state index is 0.0629. The molecule has 0 unspecified atom stereocenters. The van der Waals surface area contributed by atoms with E-state index in [9.17, 15) is 9.18 Å². The van der Waals surface area contributed by atoms with Crippen molar-refractivity contribution in [1.82, 2.24) is 15.2 Å². The Kier molecular flexibility index (Phi) is 4.60. The normalized spacial score (nSPS) is 10.4. The first-order chi connectivity index (χ1) is 12.1. The number of halogens is 1. The first kappa shape index (κ1) is 16.4. The number of aromatic amines is 1. The average molecular weight is 342 g/mol. The van der Waals surface area contributed by atoms with Crippen LogP contribution in [0.3, 0.4) is 0 Å². The summed E-state index contributed by atoms with van der Waals surface area (Å²) in [7, 11) is 2.90. The number of para-hydroxylation sites is 1. The molecule has 1 aromatic heterocycles. The van der Waals surface area contributed by atoms with Gasteiger partial charge in [0.2, 0.25) is 5.95 Å². The molecular formula is C17H15FN4O3. The van der Waals surface area contributed by atoms with Gasteiger partial charge in [0.25, 0.3) is 5.91 Å². The number of amides is 1. The number of carbonyl (C=O) groups excluding carboxylic acids is 1. The van der Waals surface area contributed by atoms with Gasteiger partial charge in [-0.1, -0.05) is 12.1 Å². The van der Waals surface area contributed by atoms with Gasteiger partial charge in [0, 0.05) is 5.56 Å². The molecule has 0 bridgehead atoms. The first-order valence-corrected chi connectivity index (χ1v) is 7.33. The van der Waals surface area contributed by atoms with E-state index in [0.29, 0.717) is 17.1 Å². The van der Waals surface area contributed by atoms with Gasteiger partial charge < -0.3 is 9.47 Å². The highest BCUT2D eigenvalue weighted by molar-refractivity contribution is 6.03. The largest absolute Gasteiger partial charge is 0.496 e. The highest BCUT2D eigenvalue weighted by Gasteiger charge is 2.14. The molecule has 0 fully saturated rings. The van der Waals surface area contributed by atoms with E-state index in [1.807, 2.05) is 18.2 Å². The van der Waals surface area contributed by atoms with Crippen LogP contribution >= 0.6 is 0 Å². The van der Waals surface area contributed by atoms with Crippen molar-refractivity contribution >= 4 is 11.9 Å². The van der Waals surface area contributed by atoms with Gasteiger partial charge in [0.15, 0.2) is 17.4 Å². The molecule has 0 aliphatic heterocycles. The fourth-order valence-corrected chi connectivity index (χ4v) is 2.26. The second-order valence-electron chi connectivity index (χ2n) is 5.01. The van der Waals surface area contributed by atoms with Gasteiger partial charge in [0.05, 0.1) is 19.8 Å². The SMILES string of the molecule is COc1ccc(C(=O)Nc2n[nH]c(-c3ccccc3OC)n2)cc1F. The highest BCUT2D eigenvalue weighted by Crippen LogP contribution is 2.27. The lowest BCUT2D eigenvalue weighted by atomic mass is 10.2. The quantitative estimate of drug-likeness (QED) is 0.744. The minimum atomic E-state index is -0.625. The Labute approximate surface area is 142 Å². The number of nitrogens with one attached hydrogen (secondary N) is 2. The second-order valence-corrected chi connectivity index (χ2v) is 5.01. The number of methoxy groups -OCH3 is 2. The minimum Gasteiger partial charge on any atom is -0.496 e. The van der Waals surface area contributed by atoms with Gasteiger partial charge in [-0.05, 0) is 30.3 Å². The molecular weight excluding hydrogens is 327 g/mol. The molecule has 0 saturated heterocycles. The Hall–Kier alpha value is -3.42. The van der Waals surface area contributed by atoms with Gasteiger partial charge in [0.1, 0.15) is 5.75 Å². The maximum atomic E-state index is 13.7. The van der Waals surface area contributed by atoms with E-state index in [4.69, 9.17) is 9.47 Å². The molecule has 0 radical (unpaired) electrons. The zero-order valence-electron chi connectivity index (χ0n) is 13.5. The molecule has 0 saturated carbocycles. The summed E-state index contributed by atoms with van der Waals surface area (Å²) in [4.78, 5) is 16.4. The van der Waals surface area contributed by atoms with Crippen LogP contribution in [0.2, 0.25) is 0 Å². The van der Waals surface area contributed by atoms with Crippen LogP contribution in [-0.2, 0) is 0 Å². The molecule has 3 aromatic rings. The summed E-state index contributed by atoms with van der Waals surface area (Å²) in [5, 5.41) is 9.19. The van der Waals surface area contributed by atoms with Crippen LogP contribution in [-0.4, -0.2) is 35.3 Å². The number of H-pyrrole nitrogens is 1. The smallest absolute Gasteiger partial charge is 0.258 e. The maximum Gasteiger partial charge on any atom is 0.258 e. The van der Waals surface area contributed by atoms with Crippen LogP contribution in [0.25, 0.3) is 11.4 Å². The van der Waals surface area contributed by atoms with Crippen LogP contribution in [0, 0.1) is 5.82 Å². The first-order valence-electron chi connectivity index (χ1n) is 7.33. The summed E-state index contributed by atoms with van der Waals surface area (Å²) in [6.07, 6.45) is 0. The Morgan fingerprint density at radius 1 is 1.12 bits per heavy atom. The maximum absolute atomic E-state index is 13.7. The second kappa shape index (κ2) is 7.00. The number of nitrogens with zero attached hydrogens (tertiary/aromatic N) is 2. The zero-order valence-corrected chi connectivity index (χ0v) is 13.5. The lowest BCUT2D eigenvalue weighted by molar-refractivity contribution is 0.102. The van der Waals surface area contributed by atoms with Crippen molar-refractivity contribution in [3.63, 3.8) is 0 Å². The molecule has 25 heavy (non-hydrogen) atoms. The Balaban J connectivity index is 1.79. The molecule has 0 atom stereocenters. The topological polar surface area (TPSA) is 89.1 Å². The molecule has 128 valence electrons. The van der Waals surface area contributed by atoms with Crippen molar-refractivity contribution in [3.8, 4) is 22.9 Å². The fraction of sp³-hybridized carbons (Fsp3) is 0.118. The van der Waals surface area contributed by atoms with E-state index in [1.165, 1.54) is 19.2 Å². The van der Waals surface area contributed by atoms with E-state index >= 15 is 0 Å². The summed E-state index contributed by atoms with van der Waals surface area (Å²) >= 11 is 0. The Morgan fingerprint density at radius 2 is 1.88 bits per heavy atom. The van der Waals surface area contributed by atoms with E-state index in [0.717, 1.165) is 6.07 Å². The van der Waals surface area contributed by atoms with Gasteiger partial charge in [-0.15, -0.1) is 5.10 Å². The predicted molar refractivity (Wildman–Crippen MR) is 89.3 cm³/mol. The van der Waals surface area contributed by atoms with Crippen molar-refractivity contribution in [2.75, 3.05) is 19.5 Å². The summed E-state index contributed by atoms with van der Waals surface area (Å²) in [5.74, 6) is 0.0319. The van der Waals surface area contributed by atoms with E-state index in [2.05, 4.69) is 20.5 Å². The third-order valence-corrected chi connectivity index (χ3v) is 3.49.